The van der Waals surface area contributed by atoms with Crippen LogP contribution in [0, 0.1) is 0 Å². The van der Waals surface area contributed by atoms with Gasteiger partial charge in [0.15, 0.2) is 11.5 Å². The van der Waals surface area contributed by atoms with E-state index in [4.69, 9.17) is 10.3 Å². The Labute approximate surface area is 125 Å². The molecular formula is C14H16F3N3O2. The highest BCUT2D eigenvalue weighted by atomic mass is 19.4. The quantitative estimate of drug-likeness (QED) is 0.431. The monoisotopic (exact) mass is 315 g/mol. The molecule has 1 aromatic rings. The van der Waals surface area contributed by atoms with E-state index in [2.05, 4.69) is 14.8 Å². The fourth-order valence-corrected chi connectivity index (χ4v) is 2.68. The molecule has 1 aromatic carbocycles. The third-order valence-corrected chi connectivity index (χ3v) is 3.96. The first kappa shape index (κ1) is 16.3. The number of ether oxygens (including phenoxy) is 2. The van der Waals surface area contributed by atoms with Crippen LogP contribution in [0.2, 0.25) is 0 Å². The largest absolute Gasteiger partial charge is 0.573 e. The second kappa shape index (κ2) is 5.96. The first-order chi connectivity index (χ1) is 10.3. The Morgan fingerprint density at radius 1 is 1.41 bits per heavy atom. The van der Waals surface area contributed by atoms with Gasteiger partial charge in [0.1, 0.15) is 5.60 Å². The molecule has 0 amide bonds. The second-order valence-corrected chi connectivity index (χ2v) is 5.14. The summed E-state index contributed by atoms with van der Waals surface area (Å²) in [6.07, 6.45) is -3.22. The maximum atomic E-state index is 12.6. The van der Waals surface area contributed by atoms with E-state index in [9.17, 15) is 13.2 Å². The normalized spacial score (nSPS) is 19.6. The number of hydrogen-bond donors (Lipinski definition) is 0. The molecule has 0 aliphatic carbocycles. The molecule has 0 bridgehead atoms. The zero-order valence-electron chi connectivity index (χ0n) is 12.2. The van der Waals surface area contributed by atoms with E-state index in [-0.39, 0.29) is 5.75 Å². The van der Waals surface area contributed by atoms with Gasteiger partial charge in [-0.3, -0.25) is 0 Å². The lowest BCUT2D eigenvalue weighted by molar-refractivity contribution is -0.275. The van der Waals surface area contributed by atoms with Crippen LogP contribution >= 0.6 is 0 Å². The summed E-state index contributed by atoms with van der Waals surface area (Å²) in [4.78, 5) is 2.80. The van der Waals surface area contributed by atoms with Gasteiger partial charge in [-0.2, -0.15) is 0 Å². The summed E-state index contributed by atoms with van der Waals surface area (Å²) in [6.45, 7) is 3.77. The molecule has 1 heterocycles. The predicted molar refractivity (Wildman–Crippen MR) is 73.6 cm³/mol. The standard InChI is InChI=1S/C14H16F3N3O2/c1-3-13(4-2)8-10(19-20-18)9-6-5-7-11(12(9)22-13)21-14(15,16)17/h5-7,10H,3-4,8H2,1-2H3/t10-/m1/s1. The second-order valence-electron chi connectivity index (χ2n) is 5.14. The topological polar surface area (TPSA) is 67.2 Å². The highest BCUT2D eigenvalue weighted by molar-refractivity contribution is 5.50. The zero-order chi connectivity index (χ0) is 16.4. The first-order valence-corrected chi connectivity index (χ1v) is 6.96. The van der Waals surface area contributed by atoms with Crippen LogP contribution in [0.5, 0.6) is 11.5 Å². The molecule has 2 rings (SSSR count). The van der Waals surface area contributed by atoms with Crippen molar-refractivity contribution in [3.05, 3.63) is 34.2 Å². The Bertz CT molecular complexity index is 593. The minimum Gasteiger partial charge on any atom is -0.483 e. The summed E-state index contributed by atoms with van der Waals surface area (Å²) < 4.78 is 47.6. The zero-order valence-corrected chi connectivity index (χ0v) is 12.2. The smallest absolute Gasteiger partial charge is 0.483 e. The van der Waals surface area contributed by atoms with E-state index >= 15 is 0 Å². The van der Waals surface area contributed by atoms with Crippen LogP contribution < -0.4 is 9.47 Å². The molecular weight excluding hydrogens is 299 g/mol. The summed E-state index contributed by atoms with van der Waals surface area (Å²) in [6, 6.07) is 3.63. The van der Waals surface area contributed by atoms with E-state index in [1.165, 1.54) is 12.1 Å². The molecule has 0 radical (unpaired) electrons. The molecule has 1 aliphatic heterocycles. The third kappa shape index (κ3) is 3.22. The number of azide groups is 1. The number of halogens is 3. The Kier molecular flexibility index (Phi) is 4.42. The Hall–Kier alpha value is -2.08. The van der Waals surface area contributed by atoms with Crippen LogP contribution in [-0.4, -0.2) is 12.0 Å². The fourth-order valence-electron chi connectivity index (χ4n) is 2.68. The molecule has 0 fully saturated rings. The van der Waals surface area contributed by atoms with Crippen molar-refractivity contribution in [3.63, 3.8) is 0 Å². The van der Waals surface area contributed by atoms with Gasteiger partial charge in [0.05, 0.1) is 6.04 Å². The average molecular weight is 315 g/mol. The highest BCUT2D eigenvalue weighted by Crippen LogP contribution is 2.49. The Morgan fingerprint density at radius 2 is 2.09 bits per heavy atom. The van der Waals surface area contributed by atoms with Crippen LogP contribution in [-0.2, 0) is 0 Å². The van der Waals surface area contributed by atoms with Crippen molar-refractivity contribution in [2.75, 3.05) is 0 Å². The van der Waals surface area contributed by atoms with E-state index in [1.54, 1.807) is 6.07 Å². The number of fused-ring (bicyclic) bond motifs is 1. The van der Waals surface area contributed by atoms with Gasteiger partial charge >= 0.3 is 6.36 Å². The van der Waals surface area contributed by atoms with Crippen molar-refractivity contribution < 1.29 is 22.6 Å². The van der Waals surface area contributed by atoms with Gasteiger partial charge in [0.25, 0.3) is 0 Å². The minimum atomic E-state index is -4.81. The van der Waals surface area contributed by atoms with E-state index in [0.29, 0.717) is 24.8 Å². The lowest BCUT2D eigenvalue weighted by Gasteiger charge is -2.40. The fraction of sp³-hybridized carbons (Fsp3) is 0.571. The van der Waals surface area contributed by atoms with Crippen molar-refractivity contribution in [2.24, 2.45) is 5.11 Å². The lowest BCUT2D eigenvalue weighted by Crippen LogP contribution is -2.40. The summed E-state index contributed by atoms with van der Waals surface area (Å²) in [5.41, 5.74) is 8.47. The van der Waals surface area contributed by atoms with E-state index in [0.717, 1.165) is 0 Å². The summed E-state index contributed by atoms with van der Waals surface area (Å²) >= 11 is 0. The van der Waals surface area contributed by atoms with Crippen LogP contribution in [0.25, 0.3) is 10.4 Å². The minimum absolute atomic E-state index is 0.00664. The van der Waals surface area contributed by atoms with Crippen molar-refractivity contribution in [1.82, 2.24) is 0 Å². The molecule has 0 spiro atoms. The van der Waals surface area contributed by atoms with Gasteiger partial charge in [0.2, 0.25) is 0 Å². The molecule has 0 N–H and O–H groups in total. The van der Waals surface area contributed by atoms with Crippen LogP contribution in [0.4, 0.5) is 13.2 Å². The number of nitrogens with zero attached hydrogens (tertiary/aromatic N) is 3. The number of hydrogen-bond acceptors (Lipinski definition) is 3. The molecule has 5 nitrogen and oxygen atoms in total. The van der Waals surface area contributed by atoms with Gasteiger partial charge in [-0.05, 0) is 30.9 Å². The predicted octanol–water partition coefficient (Wildman–Crippen LogP) is 5.28. The number of para-hydroxylation sites is 1. The third-order valence-electron chi connectivity index (χ3n) is 3.96. The van der Waals surface area contributed by atoms with E-state index < -0.39 is 23.8 Å². The number of alkyl halides is 3. The average Bonchev–Trinajstić information content (AvgIpc) is 2.46. The molecule has 0 saturated heterocycles. The van der Waals surface area contributed by atoms with Crippen molar-refractivity contribution in [1.29, 1.82) is 0 Å². The van der Waals surface area contributed by atoms with Gasteiger partial charge < -0.3 is 9.47 Å². The van der Waals surface area contributed by atoms with Gasteiger partial charge in [-0.25, -0.2) is 0 Å². The summed E-state index contributed by atoms with van der Waals surface area (Å²) in [5, 5.41) is 3.72. The molecule has 120 valence electrons. The first-order valence-electron chi connectivity index (χ1n) is 6.96. The number of benzene rings is 1. The maximum Gasteiger partial charge on any atom is 0.573 e. The molecule has 0 saturated carbocycles. The Morgan fingerprint density at radius 3 is 2.64 bits per heavy atom. The summed E-state index contributed by atoms with van der Waals surface area (Å²) in [7, 11) is 0. The molecule has 1 atom stereocenters. The maximum absolute atomic E-state index is 12.6. The molecule has 22 heavy (non-hydrogen) atoms. The Balaban J connectivity index is 2.54. The SMILES string of the molecule is CCC1(CC)C[C@@H](N=[N+]=[N-])c2cccc(OC(F)(F)F)c2O1. The number of rotatable bonds is 4. The van der Waals surface area contributed by atoms with Gasteiger partial charge in [-0.1, -0.05) is 31.1 Å². The van der Waals surface area contributed by atoms with Gasteiger partial charge in [0, 0.05) is 10.5 Å². The molecule has 1 aliphatic rings. The highest BCUT2D eigenvalue weighted by Gasteiger charge is 2.41. The van der Waals surface area contributed by atoms with Crippen molar-refractivity contribution in [2.45, 2.75) is 51.1 Å². The molecule has 8 heteroatoms. The van der Waals surface area contributed by atoms with Crippen molar-refractivity contribution in [3.8, 4) is 11.5 Å². The summed E-state index contributed by atoms with van der Waals surface area (Å²) in [5.74, 6) is -0.402. The van der Waals surface area contributed by atoms with Crippen molar-refractivity contribution >= 4 is 0 Å². The molecule has 0 aromatic heterocycles. The van der Waals surface area contributed by atoms with Crippen LogP contribution in [0.1, 0.15) is 44.7 Å². The van der Waals surface area contributed by atoms with Gasteiger partial charge in [-0.15, -0.1) is 13.2 Å². The van der Waals surface area contributed by atoms with E-state index in [1.807, 2.05) is 13.8 Å². The van der Waals surface area contributed by atoms with Crippen LogP contribution in [0.3, 0.4) is 0 Å². The van der Waals surface area contributed by atoms with Crippen LogP contribution in [0.15, 0.2) is 23.3 Å². The lowest BCUT2D eigenvalue weighted by atomic mass is 9.84. The molecule has 0 unspecified atom stereocenters.